The number of ether oxygens (including phenoxy) is 1. The Hall–Kier alpha value is -4.21. The highest BCUT2D eigenvalue weighted by Crippen LogP contribution is 2.32. The predicted octanol–water partition coefficient (Wildman–Crippen LogP) is 6.54. The Morgan fingerprint density at radius 3 is 2.46 bits per heavy atom. The van der Waals surface area contributed by atoms with E-state index in [2.05, 4.69) is 15.8 Å². The van der Waals surface area contributed by atoms with Crippen LogP contribution in [0.2, 0.25) is 5.02 Å². The van der Waals surface area contributed by atoms with E-state index in [4.69, 9.17) is 20.9 Å². The van der Waals surface area contributed by atoms with Gasteiger partial charge in [0.15, 0.2) is 5.76 Å². The molecule has 39 heavy (non-hydrogen) atoms. The molecule has 3 aromatic carbocycles. The number of benzene rings is 3. The largest absolute Gasteiger partial charge is 0.480 e. The van der Waals surface area contributed by atoms with Gasteiger partial charge in [0, 0.05) is 29.1 Å². The van der Waals surface area contributed by atoms with Crippen molar-refractivity contribution in [3.05, 3.63) is 106 Å². The maximum absolute atomic E-state index is 14.0. The second-order valence-corrected chi connectivity index (χ2v) is 9.34. The molecule has 1 aromatic heterocycles. The van der Waals surface area contributed by atoms with Crippen molar-refractivity contribution >= 4 is 29.4 Å². The van der Waals surface area contributed by atoms with Gasteiger partial charge >= 0.3 is 12.1 Å². The summed E-state index contributed by atoms with van der Waals surface area (Å²) in [7, 11) is 0. The van der Waals surface area contributed by atoms with Gasteiger partial charge in [-0.15, -0.1) is 0 Å². The number of carboxylic acids is 1. The third kappa shape index (κ3) is 7.01. The van der Waals surface area contributed by atoms with Gasteiger partial charge in [0.1, 0.15) is 29.3 Å². The van der Waals surface area contributed by atoms with E-state index < -0.39 is 30.0 Å². The summed E-state index contributed by atoms with van der Waals surface area (Å²) in [6.07, 6.45) is -1.26. The number of hydrogen-bond donors (Lipinski definition) is 3. The molecule has 8 nitrogen and oxygen atoms in total. The van der Waals surface area contributed by atoms with Crippen molar-refractivity contribution in [2.24, 2.45) is 0 Å². The van der Waals surface area contributed by atoms with Gasteiger partial charge in [-0.1, -0.05) is 77.4 Å². The first kappa shape index (κ1) is 27.8. The minimum absolute atomic E-state index is 0.0116. The van der Waals surface area contributed by atoms with Crippen LogP contribution in [0.5, 0.6) is 0 Å². The second kappa shape index (κ2) is 12.6. The van der Waals surface area contributed by atoms with Crippen LogP contribution in [0.3, 0.4) is 0 Å². The van der Waals surface area contributed by atoms with E-state index in [1.807, 2.05) is 6.07 Å². The first-order valence-electron chi connectivity index (χ1n) is 12.2. The lowest BCUT2D eigenvalue weighted by atomic mass is 10.0. The van der Waals surface area contributed by atoms with Gasteiger partial charge in [0.2, 0.25) is 0 Å². The van der Waals surface area contributed by atoms with E-state index in [-0.39, 0.29) is 13.0 Å². The summed E-state index contributed by atoms with van der Waals surface area (Å²) in [6.45, 7) is 3.67. The summed E-state index contributed by atoms with van der Waals surface area (Å²) >= 11 is 6.20. The summed E-state index contributed by atoms with van der Waals surface area (Å²) in [4.78, 5) is 24.3. The molecular weight excluding hydrogens is 525 g/mol. The monoisotopic (exact) mass is 551 g/mol. The lowest BCUT2D eigenvalue weighted by Crippen LogP contribution is -2.38. The molecule has 4 rings (SSSR count). The van der Waals surface area contributed by atoms with Crippen LogP contribution in [0.25, 0.3) is 11.3 Å². The molecule has 4 aromatic rings. The molecule has 0 spiro atoms. The Kier molecular flexibility index (Phi) is 8.96. The average molecular weight is 552 g/mol. The van der Waals surface area contributed by atoms with E-state index in [0.717, 1.165) is 5.56 Å². The molecule has 3 N–H and O–H groups in total. The number of halogens is 2. The predicted molar refractivity (Wildman–Crippen MR) is 145 cm³/mol. The number of hydrogen-bond acceptors (Lipinski definition) is 6. The number of anilines is 1. The molecule has 0 saturated carbocycles. The van der Waals surface area contributed by atoms with Gasteiger partial charge in [-0.05, 0) is 37.1 Å². The number of aromatic nitrogens is 1. The molecule has 0 aliphatic rings. The van der Waals surface area contributed by atoms with Crippen LogP contribution in [0.4, 0.5) is 14.9 Å². The smallest absolute Gasteiger partial charge is 0.412 e. The average Bonchev–Trinajstić information content (AvgIpc) is 3.27. The Bertz CT molecular complexity index is 1460. The first-order valence-corrected chi connectivity index (χ1v) is 12.6. The Balaban J connectivity index is 1.40. The lowest BCUT2D eigenvalue weighted by Gasteiger charge is -2.16. The van der Waals surface area contributed by atoms with Crippen molar-refractivity contribution in [2.45, 2.75) is 39.0 Å². The summed E-state index contributed by atoms with van der Waals surface area (Å²) in [5, 5.41) is 19.7. The van der Waals surface area contributed by atoms with Crippen LogP contribution in [-0.4, -0.2) is 28.4 Å². The highest BCUT2D eigenvalue weighted by Gasteiger charge is 2.22. The Labute approximate surface area is 229 Å². The van der Waals surface area contributed by atoms with Gasteiger partial charge < -0.3 is 19.7 Å². The minimum Gasteiger partial charge on any atom is -0.480 e. The molecule has 2 atom stereocenters. The minimum atomic E-state index is -1.07. The summed E-state index contributed by atoms with van der Waals surface area (Å²) in [5.74, 6) is -1.17. The standard InChI is InChI=1S/C29H27ClFN3O5/c1-17-26(33-29(37)38-18(2)22-8-4-5-9-23(22)30)27(39-34-17)20-13-11-19(12-14-20)16-32-25(28(35)36)15-21-7-3-6-10-24(21)31/h3-14,18,25,32H,15-16H2,1-2H3,(H,33,37)(H,35,36)/t18-,25?/m1/s1. The van der Waals surface area contributed by atoms with Gasteiger partial charge in [-0.2, -0.15) is 0 Å². The van der Waals surface area contributed by atoms with Crippen LogP contribution in [-0.2, 0) is 22.5 Å². The van der Waals surface area contributed by atoms with Crippen LogP contribution in [0.1, 0.15) is 35.4 Å². The quantitative estimate of drug-likeness (QED) is 0.205. The molecule has 1 amide bonds. The molecule has 1 unspecified atom stereocenters. The van der Waals surface area contributed by atoms with E-state index in [1.165, 1.54) is 6.07 Å². The van der Waals surface area contributed by atoms with E-state index >= 15 is 0 Å². The normalized spacial score (nSPS) is 12.5. The summed E-state index contributed by atoms with van der Waals surface area (Å²) in [6, 6.07) is 19.4. The SMILES string of the molecule is Cc1noc(-c2ccc(CNC(Cc3ccccc3F)C(=O)O)cc2)c1NC(=O)O[C@H](C)c1ccccc1Cl. The fraction of sp³-hybridized carbons (Fsp3) is 0.207. The van der Waals surface area contributed by atoms with Crippen molar-refractivity contribution in [3.8, 4) is 11.3 Å². The molecule has 0 aliphatic carbocycles. The van der Waals surface area contributed by atoms with E-state index in [0.29, 0.717) is 38.9 Å². The van der Waals surface area contributed by atoms with Crippen molar-refractivity contribution < 1.29 is 28.3 Å². The number of amides is 1. The number of carbonyl (C=O) groups is 2. The molecule has 0 bridgehead atoms. The number of rotatable bonds is 10. The number of carboxylic acid groups (broad SMARTS) is 1. The van der Waals surface area contributed by atoms with E-state index in [1.54, 1.807) is 74.5 Å². The molecule has 0 fully saturated rings. The molecule has 10 heteroatoms. The zero-order chi connectivity index (χ0) is 27.9. The third-order valence-corrected chi connectivity index (χ3v) is 6.51. The number of aliphatic carboxylic acids is 1. The number of carbonyl (C=O) groups excluding carboxylic acids is 1. The number of nitrogens with one attached hydrogen (secondary N) is 2. The number of nitrogens with zero attached hydrogens (tertiary/aromatic N) is 1. The van der Waals surface area contributed by atoms with Crippen LogP contribution in [0, 0.1) is 12.7 Å². The molecule has 0 radical (unpaired) electrons. The van der Waals surface area contributed by atoms with Crippen LogP contribution in [0.15, 0.2) is 77.3 Å². The Morgan fingerprint density at radius 1 is 1.08 bits per heavy atom. The molecular formula is C29H27ClFN3O5. The number of aryl methyl sites for hydroxylation is 1. The van der Waals surface area contributed by atoms with Gasteiger partial charge in [-0.3, -0.25) is 10.1 Å². The van der Waals surface area contributed by atoms with Gasteiger partial charge in [0.05, 0.1) is 0 Å². The topological polar surface area (TPSA) is 114 Å². The van der Waals surface area contributed by atoms with Crippen molar-refractivity contribution in [1.82, 2.24) is 10.5 Å². The van der Waals surface area contributed by atoms with Gasteiger partial charge in [-0.25, -0.2) is 9.18 Å². The van der Waals surface area contributed by atoms with Crippen molar-refractivity contribution in [2.75, 3.05) is 5.32 Å². The summed E-state index contributed by atoms with van der Waals surface area (Å²) < 4.78 is 24.9. The second-order valence-electron chi connectivity index (χ2n) is 8.93. The van der Waals surface area contributed by atoms with Crippen molar-refractivity contribution in [1.29, 1.82) is 0 Å². The maximum Gasteiger partial charge on any atom is 0.412 e. The summed E-state index contributed by atoms with van der Waals surface area (Å²) in [5.41, 5.74) is 3.30. The fourth-order valence-electron chi connectivity index (χ4n) is 4.02. The lowest BCUT2D eigenvalue weighted by molar-refractivity contribution is -0.139. The third-order valence-electron chi connectivity index (χ3n) is 6.17. The maximum atomic E-state index is 14.0. The zero-order valence-electron chi connectivity index (χ0n) is 21.3. The highest BCUT2D eigenvalue weighted by molar-refractivity contribution is 6.31. The fourth-order valence-corrected chi connectivity index (χ4v) is 4.31. The van der Waals surface area contributed by atoms with Crippen LogP contribution >= 0.6 is 11.6 Å². The van der Waals surface area contributed by atoms with Gasteiger partial charge in [0.25, 0.3) is 0 Å². The molecule has 202 valence electrons. The van der Waals surface area contributed by atoms with E-state index in [9.17, 15) is 19.1 Å². The molecule has 0 saturated heterocycles. The van der Waals surface area contributed by atoms with Crippen molar-refractivity contribution in [3.63, 3.8) is 0 Å². The first-order chi connectivity index (χ1) is 18.7. The Morgan fingerprint density at radius 2 is 1.77 bits per heavy atom. The van der Waals surface area contributed by atoms with Crippen LogP contribution < -0.4 is 10.6 Å². The molecule has 0 aliphatic heterocycles. The highest BCUT2D eigenvalue weighted by atomic mass is 35.5. The molecule has 1 heterocycles. The zero-order valence-corrected chi connectivity index (χ0v) is 22.0.